The molecule has 0 saturated carbocycles. The summed E-state index contributed by atoms with van der Waals surface area (Å²) in [6.45, 7) is 9.17. The molecule has 0 unspecified atom stereocenters. The summed E-state index contributed by atoms with van der Waals surface area (Å²) in [6, 6.07) is 5.70. The van der Waals surface area contributed by atoms with E-state index in [-0.39, 0.29) is 36.4 Å². The summed E-state index contributed by atoms with van der Waals surface area (Å²) in [5.41, 5.74) is -0.0778. The lowest BCUT2D eigenvalue weighted by molar-refractivity contribution is -0.156. The highest BCUT2D eigenvalue weighted by Gasteiger charge is 2.53. The van der Waals surface area contributed by atoms with Crippen molar-refractivity contribution in [3.8, 4) is 0 Å². The Bertz CT molecular complexity index is 1180. The van der Waals surface area contributed by atoms with Crippen LogP contribution in [0.1, 0.15) is 96.2 Å². The van der Waals surface area contributed by atoms with Crippen molar-refractivity contribution in [2.75, 3.05) is 0 Å². The molecule has 39 heavy (non-hydrogen) atoms. The van der Waals surface area contributed by atoms with Crippen molar-refractivity contribution in [3.05, 3.63) is 28.8 Å². The number of nitrogens with zero attached hydrogens (tertiary/aromatic N) is 1. The summed E-state index contributed by atoms with van der Waals surface area (Å²) in [7, 11) is 0. The minimum absolute atomic E-state index is 0.0847. The van der Waals surface area contributed by atoms with Crippen molar-refractivity contribution >= 4 is 33.3 Å². The predicted molar refractivity (Wildman–Crippen MR) is 149 cm³/mol. The van der Waals surface area contributed by atoms with Crippen LogP contribution in [0, 0.1) is 17.3 Å². The molecule has 3 N–H and O–H groups in total. The lowest BCUT2D eigenvalue weighted by Crippen LogP contribution is -2.46. The molecule has 0 spiro atoms. The van der Waals surface area contributed by atoms with E-state index in [1.807, 2.05) is 32.0 Å². The second-order valence-electron chi connectivity index (χ2n) is 12.2. The molecule has 3 heterocycles. The second-order valence-corrected chi connectivity index (χ2v) is 13.3. The number of rotatable bonds is 4. The van der Waals surface area contributed by atoms with Gasteiger partial charge in [0.1, 0.15) is 16.9 Å². The summed E-state index contributed by atoms with van der Waals surface area (Å²) in [4.78, 5) is 31.3. The van der Waals surface area contributed by atoms with Gasteiger partial charge in [-0.25, -0.2) is 4.98 Å². The van der Waals surface area contributed by atoms with E-state index in [1.54, 1.807) is 13.8 Å². The molecule has 1 aromatic heterocycles. The molecule has 9 heteroatoms. The number of carbonyl (C=O) groups excluding carboxylic acids is 2. The van der Waals surface area contributed by atoms with Crippen LogP contribution in [0.25, 0.3) is 10.2 Å². The first-order valence-electron chi connectivity index (χ1n) is 14.2. The number of cyclic esters (lactones) is 1. The standard InChI is InChI=1S/C30H43NO7S/c1-6-8-19-27(35)17(2)9-7-12-30(5)24(38-30)14-21(37-26(34)15-23(33)29(3,4)28(19)36)18-10-11-22-20(13-18)31-25(16-32)39-22/h10-11,13,17,19,21,23-24,27,32-33,35H,6-9,12,14-16H2,1-5H3/t17-,19+,21-,23-,24-,27-,30+/m0/s1. The topological polar surface area (TPSA) is 129 Å². The van der Waals surface area contributed by atoms with Crippen LogP contribution in [0.15, 0.2) is 18.2 Å². The highest BCUT2D eigenvalue weighted by Crippen LogP contribution is 2.47. The average Bonchev–Trinajstić information content (AvgIpc) is 3.33. The van der Waals surface area contributed by atoms with E-state index < -0.39 is 35.6 Å². The van der Waals surface area contributed by atoms with Gasteiger partial charge in [0.15, 0.2) is 0 Å². The fraction of sp³-hybridized carbons (Fsp3) is 0.700. The number of aliphatic hydroxyl groups excluding tert-OH is 3. The van der Waals surface area contributed by atoms with E-state index in [0.717, 1.165) is 41.5 Å². The van der Waals surface area contributed by atoms with E-state index in [2.05, 4.69) is 11.9 Å². The molecule has 1 aromatic carbocycles. The Labute approximate surface area is 234 Å². The number of aliphatic hydroxyl groups is 3. The molecule has 2 aliphatic rings. The number of epoxide rings is 1. The van der Waals surface area contributed by atoms with Crippen LogP contribution >= 0.6 is 11.3 Å². The van der Waals surface area contributed by atoms with Crippen LogP contribution in [0.4, 0.5) is 0 Å². The van der Waals surface area contributed by atoms with Gasteiger partial charge in [-0.1, -0.05) is 46.6 Å². The van der Waals surface area contributed by atoms with E-state index >= 15 is 0 Å². The van der Waals surface area contributed by atoms with Gasteiger partial charge in [-0.3, -0.25) is 9.59 Å². The lowest BCUT2D eigenvalue weighted by atomic mass is 9.71. The molecule has 0 radical (unpaired) electrons. The third-order valence-electron chi connectivity index (χ3n) is 8.79. The molecule has 0 aliphatic carbocycles. The highest BCUT2D eigenvalue weighted by atomic mass is 32.1. The molecule has 2 fully saturated rings. The Balaban J connectivity index is 1.63. The van der Waals surface area contributed by atoms with Gasteiger partial charge in [-0.2, -0.15) is 0 Å². The fourth-order valence-corrected chi connectivity index (χ4v) is 6.69. The molecule has 216 valence electrons. The van der Waals surface area contributed by atoms with Gasteiger partial charge >= 0.3 is 5.97 Å². The molecular weight excluding hydrogens is 518 g/mol. The van der Waals surface area contributed by atoms with E-state index in [1.165, 1.54) is 11.3 Å². The molecule has 2 aromatic rings. The van der Waals surface area contributed by atoms with Crippen LogP contribution in [-0.4, -0.2) is 56.0 Å². The SMILES string of the molecule is CCC[C@H]1C(=O)C(C)(C)[C@@H](O)CC(=O)O[C@H](c2ccc3sc(CO)nc3c2)C[C@@H]2O[C@]2(C)CCC[C@H](C)[C@@H]1O. The lowest BCUT2D eigenvalue weighted by Gasteiger charge is -2.36. The predicted octanol–water partition coefficient (Wildman–Crippen LogP) is 4.86. The average molecular weight is 562 g/mol. The number of ether oxygens (including phenoxy) is 2. The first-order chi connectivity index (χ1) is 18.4. The van der Waals surface area contributed by atoms with Crippen LogP contribution in [-0.2, 0) is 25.7 Å². The van der Waals surface area contributed by atoms with Gasteiger partial charge in [0.25, 0.3) is 0 Å². The van der Waals surface area contributed by atoms with Crippen LogP contribution in [0.3, 0.4) is 0 Å². The highest BCUT2D eigenvalue weighted by molar-refractivity contribution is 7.18. The van der Waals surface area contributed by atoms with Crippen molar-refractivity contribution < 1.29 is 34.4 Å². The number of esters is 1. The summed E-state index contributed by atoms with van der Waals surface area (Å²) in [5, 5.41) is 32.4. The van der Waals surface area contributed by atoms with Crippen molar-refractivity contribution in [1.82, 2.24) is 4.98 Å². The number of thiazole rings is 1. The first kappa shape index (κ1) is 30.1. The Morgan fingerprint density at radius 2 is 1.92 bits per heavy atom. The van der Waals surface area contributed by atoms with Gasteiger partial charge in [-0.05, 0) is 49.8 Å². The normalized spacial score (nSPS) is 34.5. The van der Waals surface area contributed by atoms with Crippen LogP contribution in [0.2, 0.25) is 0 Å². The second kappa shape index (κ2) is 11.9. The summed E-state index contributed by atoms with van der Waals surface area (Å²) < 4.78 is 13.0. The molecule has 0 bridgehead atoms. The number of Topliss-reactive ketones (excluding diaryl/α,β-unsaturated/α-hetero) is 1. The number of hydrogen-bond donors (Lipinski definition) is 3. The minimum atomic E-state index is -1.26. The Hall–Kier alpha value is -1.91. The molecule has 0 amide bonds. The number of ketones is 1. The summed E-state index contributed by atoms with van der Waals surface area (Å²) in [6.07, 6.45) is 0.984. The van der Waals surface area contributed by atoms with Gasteiger partial charge < -0.3 is 24.8 Å². The zero-order valence-corrected chi connectivity index (χ0v) is 24.5. The van der Waals surface area contributed by atoms with Crippen LogP contribution in [0.5, 0.6) is 0 Å². The summed E-state index contributed by atoms with van der Waals surface area (Å²) in [5.74, 6) is -1.52. The molecule has 4 rings (SSSR count). The molecule has 7 atom stereocenters. The van der Waals surface area contributed by atoms with Gasteiger partial charge in [0.2, 0.25) is 0 Å². The van der Waals surface area contributed by atoms with Gasteiger partial charge in [0, 0.05) is 12.3 Å². The molecule has 2 aliphatic heterocycles. The maximum Gasteiger partial charge on any atom is 0.309 e. The number of benzene rings is 1. The van der Waals surface area contributed by atoms with Gasteiger partial charge in [-0.15, -0.1) is 11.3 Å². The fourth-order valence-electron chi connectivity index (χ4n) is 5.89. The molecular formula is C30H43NO7S. The third kappa shape index (κ3) is 6.54. The van der Waals surface area contributed by atoms with Gasteiger partial charge in [0.05, 0.1) is 52.6 Å². The number of hydrogen-bond acceptors (Lipinski definition) is 9. The Morgan fingerprint density at radius 3 is 2.62 bits per heavy atom. The minimum Gasteiger partial charge on any atom is -0.457 e. The summed E-state index contributed by atoms with van der Waals surface area (Å²) >= 11 is 1.42. The largest absolute Gasteiger partial charge is 0.457 e. The van der Waals surface area contributed by atoms with E-state index in [0.29, 0.717) is 17.8 Å². The number of carbonyl (C=O) groups is 2. The molecule has 8 nitrogen and oxygen atoms in total. The van der Waals surface area contributed by atoms with Crippen molar-refractivity contribution in [2.24, 2.45) is 17.3 Å². The van der Waals surface area contributed by atoms with Crippen LogP contribution < -0.4 is 0 Å². The number of aromatic nitrogens is 1. The monoisotopic (exact) mass is 561 g/mol. The number of fused-ring (bicyclic) bond motifs is 2. The third-order valence-corrected chi connectivity index (χ3v) is 9.81. The quantitative estimate of drug-likeness (QED) is 0.356. The first-order valence-corrected chi connectivity index (χ1v) is 15.0. The van der Waals surface area contributed by atoms with Crippen molar-refractivity contribution in [3.63, 3.8) is 0 Å². The van der Waals surface area contributed by atoms with E-state index in [4.69, 9.17) is 9.47 Å². The Morgan fingerprint density at radius 1 is 1.18 bits per heavy atom. The maximum absolute atomic E-state index is 13.7. The zero-order chi connectivity index (χ0) is 28.5. The smallest absolute Gasteiger partial charge is 0.309 e. The Kier molecular flexibility index (Phi) is 9.18. The van der Waals surface area contributed by atoms with Crippen molar-refractivity contribution in [2.45, 2.75) is 116 Å². The van der Waals surface area contributed by atoms with Crippen molar-refractivity contribution in [1.29, 1.82) is 0 Å². The maximum atomic E-state index is 13.7. The van der Waals surface area contributed by atoms with E-state index in [9.17, 15) is 24.9 Å². The zero-order valence-electron chi connectivity index (χ0n) is 23.7. The molecule has 2 saturated heterocycles.